The largest absolute Gasteiger partial charge is 0.369 e. The van der Waals surface area contributed by atoms with Crippen molar-refractivity contribution in [1.82, 2.24) is 5.32 Å². The van der Waals surface area contributed by atoms with Gasteiger partial charge >= 0.3 is 0 Å². The van der Waals surface area contributed by atoms with Crippen LogP contribution >= 0.6 is 0 Å². The minimum atomic E-state index is 0.184. The smallest absolute Gasteiger partial charge is 0.101 e. The van der Waals surface area contributed by atoms with Gasteiger partial charge in [0.25, 0.3) is 0 Å². The van der Waals surface area contributed by atoms with E-state index < -0.39 is 0 Å². The van der Waals surface area contributed by atoms with Crippen LogP contribution in [0.25, 0.3) is 0 Å². The van der Waals surface area contributed by atoms with Crippen LogP contribution in [0.1, 0.15) is 40.5 Å². The monoisotopic (exact) mass is 166 g/mol. The van der Waals surface area contributed by atoms with Gasteiger partial charge in [-0.15, -0.1) is 0 Å². The zero-order valence-electron chi connectivity index (χ0n) is 8.44. The lowest BCUT2D eigenvalue weighted by Crippen LogP contribution is -2.35. The highest BCUT2D eigenvalue weighted by Gasteiger charge is 2.43. The normalized spacial score (nSPS) is 35.7. The molecule has 0 radical (unpaired) electrons. The number of rotatable bonds is 0. The fourth-order valence-electron chi connectivity index (χ4n) is 2.48. The van der Waals surface area contributed by atoms with Crippen LogP contribution in [-0.2, 0) is 0 Å². The molecular formula is C10H18N2. The predicted octanol–water partition coefficient (Wildman–Crippen LogP) is 1.96. The maximum absolute atomic E-state index is 4.68. The first-order chi connectivity index (χ1) is 5.38. The van der Waals surface area contributed by atoms with Crippen molar-refractivity contribution in [2.45, 2.75) is 51.6 Å². The van der Waals surface area contributed by atoms with Gasteiger partial charge in [-0.05, 0) is 40.5 Å². The van der Waals surface area contributed by atoms with Gasteiger partial charge in [0.05, 0.1) is 5.54 Å². The Morgan fingerprint density at radius 2 is 1.92 bits per heavy atom. The molecule has 2 aliphatic heterocycles. The molecule has 0 aromatic rings. The lowest BCUT2D eigenvalue weighted by molar-refractivity contribution is 0.386. The van der Waals surface area contributed by atoms with Crippen LogP contribution in [0.5, 0.6) is 0 Å². The standard InChI is InChI=1S/C10H18N2/c1-9(2)5-7-6-10(3,4)12-8(7)11-9/h7H,5-6H2,1-4H3,(H,11,12). The van der Waals surface area contributed by atoms with Crippen molar-refractivity contribution in [2.24, 2.45) is 10.9 Å². The third-order valence-corrected chi connectivity index (χ3v) is 2.78. The van der Waals surface area contributed by atoms with Gasteiger partial charge in [-0.25, -0.2) is 0 Å². The average Bonchev–Trinajstić information content (AvgIpc) is 2.12. The molecule has 2 nitrogen and oxygen atoms in total. The molecule has 1 fully saturated rings. The predicted molar refractivity (Wildman–Crippen MR) is 51.5 cm³/mol. The summed E-state index contributed by atoms with van der Waals surface area (Å²) in [5.41, 5.74) is 0.462. The molecule has 12 heavy (non-hydrogen) atoms. The Morgan fingerprint density at radius 3 is 2.50 bits per heavy atom. The molecule has 2 heterocycles. The van der Waals surface area contributed by atoms with Crippen LogP contribution in [0, 0.1) is 5.92 Å². The van der Waals surface area contributed by atoms with Gasteiger partial charge < -0.3 is 5.32 Å². The van der Waals surface area contributed by atoms with E-state index in [-0.39, 0.29) is 11.1 Å². The minimum Gasteiger partial charge on any atom is -0.369 e. The highest BCUT2D eigenvalue weighted by molar-refractivity contribution is 5.89. The highest BCUT2D eigenvalue weighted by atomic mass is 15.1. The molecule has 0 bridgehead atoms. The maximum atomic E-state index is 4.68. The topological polar surface area (TPSA) is 24.4 Å². The van der Waals surface area contributed by atoms with Gasteiger partial charge in [0.15, 0.2) is 0 Å². The van der Waals surface area contributed by atoms with E-state index in [9.17, 15) is 0 Å². The fraction of sp³-hybridized carbons (Fsp3) is 0.900. The maximum Gasteiger partial charge on any atom is 0.101 e. The molecule has 0 spiro atoms. The van der Waals surface area contributed by atoms with E-state index in [0.717, 1.165) is 0 Å². The molecule has 1 atom stereocenters. The Labute approximate surface area is 74.5 Å². The summed E-state index contributed by atoms with van der Waals surface area (Å²) < 4.78 is 0. The number of fused-ring (bicyclic) bond motifs is 1. The van der Waals surface area contributed by atoms with Gasteiger partial charge in [0, 0.05) is 11.5 Å². The summed E-state index contributed by atoms with van der Waals surface area (Å²) >= 11 is 0. The Morgan fingerprint density at radius 1 is 1.25 bits per heavy atom. The minimum absolute atomic E-state index is 0.184. The molecule has 2 aliphatic rings. The summed E-state index contributed by atoms with van der Waals surface area (Å²) in [7, 11) is 0. The van der Waals surface area contributed by atoms with Gasteiger partial charge in [0.1, 0.15) is 5.84 Å². The van der Waals surface area contributed by atoms with Gasteiger partial charge in [-0.2, -0.15) is 0 Å². The van der Waals surface area contributed by atoms with Crippen LogP contribution in [0.15, 0.2) is 4.99 Å². The van der Waals surface area contributed by atoms with Crippen molar-refractivity contribution in [3.05, 3.63) is 0 Å². The Bertz CT molecular complexity index is 238. The Hall–Kier alpha value is -0.530. The number of hydrogen-bond donors (Lipinski definition) is 1. The molecule has 2 heteroatoms. The quantitative estimate of drug-likeness (QED) is 0.584. The summed E-state index contributed by atoms with van der Waals surface area (Å²) in [4.78, 5) is 4.68. The Balaban J connectivity index is 2.21. The van der Waals surface area contributed by atoms with E-state index in [1.54, 1.807) is 0 Å². The molecule has 0 aromatic heterocycles. The number of amidine groups is 1. The summed E-state index contributed by atoms with van der Waals surface area (Å²) in [6.45, 7) is 8.93. The van der Waals surface area contributed by atoms with Crippen molar-refractivity contribution < 1.29 is 0 Å². The van der Waals surface area contributed by atoms with E-state index in [0.29, 0.717) is 5.92 Å². The fourth-order valence-corrected chi connectivity index (χ4v) is 2.48. The molecule has 0 aliphatic carbocycles. The lowest BCUT2D eigenvalue weighted by Gasteiger charge is -2.21. The first kappa shape index (κ1) is 8.09. The van der Waals surface area contributed by atoms with Crippen LogP contribution in [0.3, 0.4) is 0 Å². The number of aliphatic imine (C=N–C) groups is 1. The van der Waals surface area contributed by atoms with E-state index in [1.165, 1.54) is 18.7 Å². The third-order valence-electron chi connectivity index (χ3n) is 2.78. The zero-order chi connectivity index (χ0) is 8.98. The van der Waals surface area contributed by atoms with E-state index in [2.05, 4.69) is 38.0 Å². The van der Waals surface area contributed by atoms with Gasteiger partial charge in [-0.1, -0.05) is 0 Å². The molecule has 68 valence electrons. The molecule has 0 amide bonds. The molecule has 2 rings (SSSR count). The lowest BCUT2D eigenvalue weighted by atomic mass is 9.89. The summed E-state index contributed by atoms with van der Waals surface area (Å²) in [5, 5.41) is 3.50. The molecule has 0 saturated carbocycles. The number of hydrogen-bond acceptors (Lipinski definition) is 2. The summed E-state index contributed by atoms with van der Waals surface area (Å²) in [5.74, 6) is 1.96. The van der Waals surface area contributed by atoms with E-state index in [4.69, 9.17) is 0 Å². The Kier molecular flexibility index (Phi) is 1.37. The second-order valence-electron chi connectivity index (χ2n) is 5.42. The van der Waals surface area contributed by atoms with E-state index in [1.807, 2.05) is 0 Å². The number of nitrogens with zero attached hydrogens (tertiary/aromatic N) is 1. The second-order valence-corrected chi connectivity index (χ2v) is 5.42. The van der Waals surface area contributed by atoms with Crippen molar-refractivity contribution in [3.63, 3.8) is 0 Å². The highest BCUT2D eigenvalue weighted by Crippen LogP contribution is 2.38. The van der Waals surface area contributed by atoms with Crippen LogP contribution in [0.4, 0.5) is 0 Å². The van der Waals surface area contributed by atoms with Crippen molar-refractivity contribution in [1.29, 1.82) is 0 Å². The van der Waals surface area contributed by atoms with Crippen LogP contribution < -0.4 is 5.32 Å². The molecular weight excluding hydrogens is 148 g/mol. The van der Waals surface area contributed by atoms with Crippen molar-refractivity contribution in [2.75, 3.05) is 0 Å². The molecule has 0 aromatic carbocycles. The van der Waals surface area contributed by atoms with Crippen LogP contribution in [-0.4, -0.2) is 16.9 Å². The van der Waals surface area contributed by atoms with Gasteiger partial charge in [0.2, 0.25) is 0 Å². The summed E-state index contributed by atoms with van der Waals surface area (Å²) in [6, 6.07) is 0. The van der Waals surface area contributed by atoms with Crippen molar-refractivity contribution >= 4 is 5.84 Å². The number of nitrogens with one attached hydrogen (secondary N) is 1. The summed E-state index contributed by atoms with van der Waals surface area (Å²) in [6.07, 6.45) is 2.47. The average molecular weight is 166 g/mol. The van der Waals surface area contributed by atoms with Crippen molar-refractivity contribution in [3.8, 4) is 0 Å². The zero-order valence-corrected chi connectivity index (χ0v) is 8.44. The second kappa shape index (κ2) is 2.04. The van der Waals surface area contributed by atoms with Crippen LogP contribution in [0.2, 0.25) is 0 Å². The first-order valence-electron chi connectivity index (χ1n) is 4.76. The first-order valence-corrected chi connectivity index (χ1v) is 4.76. The SMILES string of the molecule is CC1(C)CC2CC(C)(C)NC2=N1. The molecule has 1 N–H and O–H groups in total. The van der Waals surface area contributed by atoms with E-state index >= 15 is 0 Å². The molecule has 1 saturated heterocycles. The van der Waals surface area contributed by atoms with Gasteiger partial charge in [-0.3, -0.25) is 4.99 Å². The third kappa shape index (κ3) is 1.23. The molecule has 1 unspecified atom stereocenters.